The Hall–Kier alpha value is -2.49. The second kappa shape index (κ2) is 6.56. The van der Waals surface area contributed by atoms with Gasteiger partial charge in [0, 0.05) is 30.3 Å². The van der Waals surface area contributed by atoms with E-state index in [0.29, 0.717) is 0 Å². The van der Waals surface area contributed by atoms with E-state index >= 15 is 0 Å². The summed E-state index contributed by atoms with van der Waals surface area (Å²) in [7, 11) is 1.67. The van der Waals surface area contributed by atoms with Crippen LogP contribution in [0.3, 0.4) is 0 Å². The molecule has 0 saturated carbocycles. The van der Waals surface area contributed by atoms with Crippen LogP contribution in [0, 0.1) is 5.92 Å². The minimum Gasteiger partial charge on any atom is -0.497 e. The van der Waals surface area contributed by atoms with E-state index in [2.05, 4.69) is 25.2 Å². The van der Waals surface area contributed by atoms with Gasteiger partial charge >= 0.3 is 0 Å². The predicted molar refractivity (Wildman–Crippen MR) is 97.6 cm³/mol. The molecule has 3 atom stereocenters. The third-order valence-corrected chi connectivity index (χ3v) is 4.98. The number of fused-ring (bicyclic) bond motifs is 1. The zero-order valence-corrected chi connectivity index (χ0v) is 14.6. The van der Waals surface area contributed by atoms with Gasteiger partial charge < -0.3 is 15.0 Å². The molecule has 0 spiro atoms. The minimum absolute atomic E-state index is 0.0877. The van der Waals surface area contributed by atoms with Gasteiger partial charge in [0.25, 0.3) is 0 Å². The van der Waals surface area contributed by atoms with E-state index in [1.807, 2.05) is 47.4 Å². The lowest BCUT2D eigenvalue weighted by molar-refractivity contribution is -0.117. The van der Waals surface area contributed by atoms with Gasteiger partial charge in [0.15, 0.2) is 0 Å². The first-order valence-corrected chi connectivity index (χ1v) is 8.32. The maximum atomic E-state index is 12.1. The van der Waals surface area contributed by atoms with E-state index < -0.39 is 0 Å². The number of para-hydroxylation sites is 1. The Kier molecular flexibility index (Phi) is 4.47. The maximum Gasteiger partial charge on any atom is 0.224 e. The molecule has 1 aliphatic rings. The number of benzene rings is 2. The topological polar surface area (TPSA) is 41.6 Å². The molecular formula is C20H24N2O2. The van der Waals surface area contributed by atoms with Crippen molar-refractivity contribution in [1.82, 2.24) is 0 Å². The molecule has 2 aromatic carbocycles. The summed E-state index contributed by atoms with van der Waals surface area (Å²) >= 11 is 0. The number of nitrogens with zero attached hydrogens (tertiary/aromatic N) is 1. The van der Waals surface area contributed by atoms with Gasteiger partial charge in [-0.2, -0.15) is 0 Å². The molecule has 0 radical (unpaired) electrons. The molecule has 126 valence electrons. The number of anilines is 2. The lowest BCUT2D eigenvalue weighted by atomic mass is 9.82. The Morgan fingerprint density at radius 3 is 2.38 bits per heavy atom. The number of hydrogen-bond acceptors (Lipinski definition) is 3. The molecule has 4 nitrogen and oxygen atoms in total. The quantitative estimate of drug-likeness (QED) is 0.918. The normalized spacial score (nSPS) is 22.7. The highest BCUT2D eigenvalue weighted by molar-refractivity contribution is 5.93. The first-order valence-electron chi connectivity index (χ1n) is 8.32. The van der Waals surface area contributed by atoms with Crippen LogP contribution in [0.15, 0.2) is 48.5 Å². The molecule has 1 amide bonds. The van der Waals surface area contributed by atoms with E-state index in [9.17, 15) is 4.79 Å². The van der Waals surface area contributed by atoms with Crippen LogP contribution in [-0.2, 0) is 4.79 Å². The van der Waals surface area contributed by atoms with E-state index in [-0.39, 0.29) is 23.9 Å². The van der Waals surface area contributed by atoms with Gasteiger partial charge in [-0.1, -0.05) is 25.1 Å². The molecule has 1 aliphatic heterocycles. The van der Waals surface area contributed by atoms with Crippen LogP contribution in [0.1, 0.15) is 32.4 Å². The Labute approximate surface area is 143 Å². The van der Waals surface area contributed by atoms with Crippen LogP contribution >= 0.6 is 0 Å². The van der Waals surface area contributed by atoms with Gasteiger partial charge in [-0.05, 0) is 42.8 Å². The Morgan fingerprint density at radius 1 is 1.08 bits per heavy atom. The third-order valence-electron chi connectivity index (χ3n) is 4.98. The van der Waals surface area contributed by atoms with Crippen molar-refractivity contribution in [2.45, 2.75) is 32.9 Å². The number of carbonyl (C=O) groups excluding carboxylic acids is 1. The average Bonchev–Trinajstić information content (AvgIpc) is 2.59. The molecule has 24 heavy (non-hydrogen) atoms. The third kappa shape index (κ3) is 2.84. The molecule has 1 N–H and O–H groups in total. The standard InChI is InChI=1S/C20H24N2O2/c1-13-14(2)22(15(3)23)19-8-6-5-7-18(19)20(13)21-16-9-11-17(24-4)12-10-16/h5-14,20-21H,1-4H3/t13-,14-,20+/m0/s1. The smallest absolute Gasteiger partial charge is 0.224 e. The van der Waals surface area contributed by atoms with Crippen molar-refractivity contribution in [1.29, 1.82) is 0 Å². The lowest BCUT2D eigenvalue weighted by Gasteiger charge is -2.44. The summed E-state index contributed by atoms with van der Waals surface area (Å²) in [5.74, 6) is 1.21. The van der Waals surface area contributed by atoms with Gasteiger partial charge in [-0.3, -0.25) is 4.79 Å². The fourth-order valence-electron chi connectivity index (χ4n) is 3.52. The van der Waals surface area contributed by atoms with Gasteiger partial charge in [0.05, 0.1) is 13.2 Å². The number of carbonyl (C=O) groups is 1. The molecule has 4 heteroatoms. The van der Waals surface area contributed by atoms with E-state index in [0.717, 1.165) is 22.7 Å². The number of rotatable bonds is 3. The first kappa shape index (κ1) is 16.4. The van der Waals surface area contributed by atoms with Crippen LogP contribution < -0.4 is 15.0 Å². The molecule has 0 bridgehead atoms. The SMILES string of the molecule is COc1ccc(N[C@H]2c3ccccc3N(C(C)=O)[C@@H](C)[C@@H]2C)cc1. The van der Waals surface area contributed by atoms with Gasteiger partial charge in [0.2, 0.25) is 5.91 Å². The van der Waals surface area contributed by atoms with Crippen molar-refractivity contribution in [2.75, 3.05) is 17.3 Å². The Bertz CT molecular complexity index is 727. The summed E-state index contributed by atoms with van der Waals surface area (Å²) in [6.45, 7) is 5.94. The number of nitrogens with one attached hydrogen (secondary N) is 1. The molecule has 0 saturated heterocycles. The largest absolute Gasteiger partial charge is 0.497 e. The zero-order valence-electron chi connectivity index (χ0n) is 14.6. The van der Waals surface area contributed by atoms with E-state index in [1.54, 1.807) is 14.0 Å². The number of amides is 1. The summed E-state index contributed by atoms with van der Waals surface area (Å²) in [5.41, 5.74) is 3.21. The minimum atomic E-state index is 0.0877. The molecule has 2 aromatic rings. The summed E-state index contributed by atoms with van der Waals surface area (Å²) in [5, 5.41) is 3.63. The predicted octanol–water partition coefficient (Wildman–Crippen LogP) is 4.24. The molecule has 0 fully saturated rings. The average molecular weight is 324 g/mol. The molecule has 0 unspecified atom stereocenters. The highest BCUT2D eigenvalue weighted by atomic mass is 16.5. The van der Waals surface area contributed by atoms with Gasteiger partial charge in [-0.25, -0.2) is 0 Å². The van der Waals surface area contributed by atoms with E-state index in [4.69, 9.17) is 4.74 Å². The summed E-state index contributed by atoms with van der Waals surface area (Å²) < 4.78 is 5.22. The number of methoxy groups -OCH3 is 1. The highest BCUT2D eigenvalue weighted by Gasteiger charge is 2.37. The lowest BCUT2D eigenvalue weighted by Crippen LogP contribution is -2.48. The van der Waals surface area contributed by atoms with Crippen LogP contribution in [0.5, 0.6) is 5.75 Å². The van der Waals surface area contributed by atoms with E-state index in [1.165, 1.54) is 0 Å². The molecule has 3 rings (SSSR count). The zero-order chi connectivity index (χ0) is 17.3. The van der Waals surface area contributed by atoms with Crippen molar-refractivity contribution in [3.05, 3.63) is 54.1 Å². The number of ether oxygens (including phenoxy) is 1. The Morgan fingerprint density at radius 2 is 1.75 bits per heavy atom. The fourth-order valence-corrected chi connectivity index (χ4v) is 3.52. The van der Waals surface area contributed by atoms with Crippen molar-refractivity contribution in [2.24, 2.45) is 5.92 Å². The molecule has 0 aromatic heterocycles. The second-order valence-electron chi connectivity index (χ2n) is 6.40. The van der Waals surface area contributed by atoms with Crippen LogP contribution in [-0.4, -0.2) is 19.1 Å². The molecule has 0 aliphatic carbocycles. The van der Waals surface area contributed by atoms with Crippen molar-refractivity contribution < 1.29 is 9.53 Å². The molecule has 1 heterocycles. The Balaban J connectivity index is 1.97. The maximum absolute atomic E-state index is 12.1. The summed E-state index contributed by atoms with van der Waals surface area (Å²) in [4.78, 5) is 14.1. The fraction of sp³-hybridized carbons (Fsp3) is 0.350. The highest BCUT2D eigenvalue weighted by Crippen LogP contribution is 2.42. The summed E-state index contributed by atoms with van der Waals surface area (Å²) in [6, 6.07) is 16.4. The van der Waals surface area contributed by atoms with Crippen LogP contribution in [0.4, 0.5) is 11.4 Å². The van der Waals surface area contributed by atoms with Crippen molar-refractivity contribution in [3.8, 4) is 5.75 Å². The van der Waals surface area contributed by atoms with Crippen molar-refractivity contribution in [3.63, 3.8) is 0 Å². The second-order valence-corrected chi connectivity index (χ2v) is 6.40. The van der Waals surface area contributed by atoms with Crippen molar-refractivity contribution >= 4 is 17.3 Å². The number of hydrogen-bond donors (Lipinski definition) is 1. The van der Waals surface area contributed by atoms with Crippen LogP contribution in [0.2, 0.25) is 0 Å². The van der Waals surface area contributed by atoms with Crippen LogP contribution in [0.25, 0.3) is 0 Å². The first-order chi connectivity index (χ1) is 11.5. The summed E-state index contributed by atoms with van der Waals surface area (Å²) in [6.07, 6.45) is 0. The van der Waals surface area contributed by atoms with Gasteiger partial charge in [-0.15, -0.1) is 0 Å². The molecular weight excluding hydrogens is 300 g/mol. The van der Waals surface area contributed by atoms with Gasteiger partial charge in [0.1, 0.15) is 5.75 Å². The monoisotopic (exact) mass is 324 g/mol.